The molecule has 0 unspecified atom stereocenters. The summed E-state index contributed by atoms with van der Waals surface area (Å²) in [6, 6.07) is 4.89. The maximum absolute atomic E-state index is 11.2. The average molecular weight is 228 g/mol. The molecule has 0 amide bonds. The molecule has 0 saturated carbocycles. The number of hydrogen-bond donors (Lipinski definition) is 0. The number of esters is 1. The van der Waals surface area contributed by atoms with E-state index in [1.54, 1.807) is 18.2 Å². The number of benzene rings is 1. The molecule has 1 radical (unpaired) electrons. The van der Waals surface area contributed by atoms with Crippen LogP contribution in [0, 0.1) is 6.42 Å². The minimum atomic E-state index is -0.410. The van der Waals surface area contributed by atoms with E-state index in [0.717, 1.165) is 0 Å². The van der Waals surface area contributed by atoms with E-state index >= 15 is 0 Å². The summed E-state index contributed by atoms with van der Waals surface area (Å²) in [4.78, 5) is 11.2. The minimum absolute atomic E-state index is 0.311. The van der Waals surface area contributed by atoms with Crippen LogP contribution in [0.2, 0.25) is 5.02 Å². The quantitative estimate of drug-likeness (QED) is 0.586. The summed E-state index contributed by atoms with van der Waals surface area (Å²) in [7, 11) is 1.53. The molecule has 0 aromatic heterocycles. The van der Waals surface area contributed by atoms with Crippen molar-refractivity contribution in [3.05, 3.63) is 29.6 Å². The fourth-order valence-electron chi connectivity index (χ4n) is 1.01. The van der Waals surface area contributed by atoms with Crippen LogP contribution in [0.5, 0.6) is 11.5 Å². The van der Waals surface area contributed by atoms with Gasteiger partial charge < -0.3 is 9.47 Å². The van der Waals surface area contributed by atoms with E-state index < -0.39 is 5.97 Å². The highest BCUT2D eigenvalue weighted by atomic mass is 35.5. The molecule has 0 spiro atoms. The lowest BCUT2D eigenvalue weighted by atomic mass is 10.3. The van der Waals surface area contributed by atoms with E-state index in [2.05, 4.69) is 0 Å². The molecule has 0 fully saturated rings. The molecule has 3 nitrogen and oxygen atoms in total. The van der Waals surface area contributed by atoms with Gasteiger partial charge in [0, 0.05) is 6.07 Å². The topological polar surface area (TPSA) is 35.5 Å². The molecule has 0 bridgehead atoms. The molecule has 0 aliphatic carbocycles. The van der Waals surface area contributed by atoms with Crippen LogP contribution in [-0.4, -0.2) is 13.1 Å². The summed E-state index contributed by atoms with van der Waals surface area (Å²) in [5.41, 5.74) is 0. The number of carbonyl (C=O) groups is 1. The maximum Gasteiger partial charge on any atom is 0.315 e. The highest BCUT2D eigenvalue weighted by Gasteiger charge is 2.08. The zero-order chi connectivity index (χ0) is 11.3. The Balaban J connectivity index is 2.79. The van der Waals surface area contributed by atoms with Crippen LogP contribution in [0.15, 0.2) is 18.2 Å². The first-order chi connectivity index (χ1) is 7.17. The Labute approximate surface area is 93.9 Å². The van der Waals surface area contributed by atoms with Gasteiger partial charge >= 0.3 is 5.97 Å². The average Bonchev–Trinajstić information content (AvgIpc) is 2.21. The van der Waals surface area contributed by atoms with Crippen LogP contribution >= 0.6 is 11.6 Å². The van der Waals surface area contributed by atoms with Gasteiger partial charge in [-0.3, -0.25) is 4.79 Å². The minimum Gasteiger partial charge on any atom is -0.497 e. The SMILES string of the molecule is CC[CH]C(=O)Oc1cc(OC)ccc1Cl. The second-order valence-corrected chi connectivity index (χ2v) is 3.24. The third kappa shape index (κ3) is 3.44. The molecule has 15 heavy (non-hydrogen) atoms. The van der Waals surface area contributed by atoms with Gasteiger partial charge in [-0.2, -0.15) is 0 Å². The Morgan fingerprint density at radius 2 is 2.27 bits per heavy atom. The van der Waals surface area contributed by atoms with Crippen molar-refractivity contribution >= 4 is 17.6 Å². The highest BCUT2D eigenvalue weighted by Crippen LogP contribution is 2.29. The van der Waals surface area contributed by atoms with E-state index in [1.807, 2.05) is 6.92 Å². The Morgan fingerprint density at radius 1 is 1.53 bits per heavy atom. The normalized spacial score (nSPS) is 9.80. The molecule has 0 atom stereocenters. The Kier molecular flexibility index (Phi) is 4.43. The molecule has 81 valence electrons. The molecule has 0 aliphatic heterocycles. The Hall–Kier alpha value is -1.22. The van der Waals surface area contributed by atoms with Crippen molar-refractivity contribution in [3.63, 3.8) is 0 Å². The smallest absolute Gasteiger partial charge is 0.315 e. The summed E-state index contributed by atoms with van der Waals surface area (Å²) in [6.07, 6.45) is 2.07. The number of hydrogen-bond acceptors (Lipinski definition) is 3. The fraction of sp³-hybridized carbons (Fsp3) is 0.273. The molecule has 0 aliphatic rings. The lowest BCUT2D eigenvalue weighted by Crippen LogP contribution is -2.08. The molecule has 1 aromatic rings. The van der Waals surface area contributed by atoms with Crippen molar-refractivity contribution in [2.24, 2.45) is 0 Å². The molecule has 4 heteroatoms. The van der Waals surface area contributed by atoms with Gasteiger partial charge in [-0.1, -0.05) is 18.5 Å². The van der Waals surface area contributed by atoms with Gasteiger partial charge in [0.15, 0.2) is 5.75 Å². The number of rotatable bonds is 4. The van der Waals surface area contributed by atoms with Crippen LogP contribution in [0.1, 0.15) is 13.3 Å². The molecular formula is C11H12ClO3. The van der Waals surface area contributed by atoms with E-state index in [4.69, 9.17) is 21.1 Å². The van der Waals surface area contributed by atoms with Crippen molar-refractivity contribution in [2.75, 3.05) is 7.11 Å². The predicted molar refractivity (Wildman–Crippen MR) is 58.2 cm³/mol. The third-order valence-electron chi connectivity index (χ3n) is 1.72. The van der Waals surface area contributed by atoms with Crippen molar-refractivity contribution < 1.29 is 14.3 Å². The van der Waals surface area contributed by atoms with Crippen LogP contribution in [0.4, 0.5) is 0 Å². The van der Waals surface area contributed by atoms with Crippen LogP contribution in [-0.2, 0) is 4.79 Å². The summed E-state index contributed by atoms with van der Waals surface area (Å²) in [6.45, 7) is 1.86. The molecule has 0 heterocycles. The van der Waals surface area contributed by atoms with Crippen molar-refractivity contribution in [1.29, 1.82) is 0 Å². The lowest BCUT2D eigenvalue weighted by Gasteiger charge is -2.07. The molecule has 0 N–H and O–H groups in total. The fourth-order valence-corrected chi connectivity index (χ4v) is 1.16. The zero-order valence-corrected chi connectivity index (χ0v) is 9.38. The number of carbonyl (C=O) groups excluding carboxylic acids is 1. The van der Waals surface area contributed by atoms with Gasteiger partial charge in [0.05, 0.1) is 18.6 Å². The van der Waals surface area contributed by atoms with E-state index in [-0.39, 0.29) is 0 Å². The first kappa shape index (κ1) is 11.9. The number of methoxy groups -OCH3 is 1. The zero-order valence-electron chi connectivity index (χ0n) is 8.62. The highest BCUT2D eigenvalue weighted by molar-refractivity contribution is 6.32. The summed E-state index contributed by atoms with van der Waals surface area (Å²) >= 11 is 5.85. The first-order valence-electron chi connectivity index (χ1n) is 4.56. The van der Waals surface area contributed by atoms with Crippen molar-refractivity contribution in [3.8, 4) is 11.5 Å². The van der Waals surface area contributed by atoms with Crippen LogP contribution in [0.25, 0.3) is 0 Å². The monoisotopic (exact) mass is 227 g/mol. The molecular weight excluding hydrogens is 216 g/mol. The van der Waals surface area contributed by atoms with Gasteiger partial charge in [0.2, 0.25) is 0 Å². The molecule has 1 rings (SSSR count). The predicted octanol–water partition coefficient (Wildman–Crippen LogP) is 2.87. The van der Waals surface area contributed by atoms with Crippen LogP contribution in [0.3, 0.4) is 0 Å². The molecule has 0 saturated heterocycles. The lowest BCUT2D eigenvalue weighted by molar-refractivity contribution is -0.130. The van der Waals surface area contributed by atoms with Gasteiger partial charge in [-0.15, -0.1) is 0 Å². The van der Waals surface area contributed by atoms with Crippen molar-refractivity contribution in [1.82, 2.24) is 0 Å². The van der Waals surface area contributed by atoms with Crippen molar-refractivity contribution in [2.45, 2.75) is 13.3 Å². The number of halogens is 1. The number of ether oxygens (including phenoxy) is 2. The van der Waals surface area contributed by atoms with E-state index in [1.165, 1.54) is 13.5 Å². The molecule has 1 aromatic carbocycles. The first-order valence-corrected chi connectivity index (χ1v) is 4.93. The second-order valence-electron chi connectivity index (χ2n) is 2.83. The van der Waals surface area contributed by atoms with Gasteiger partial charge in [0.25, 0.3) is 0 Å². The maximum atomic E-state index is 11.2. The van der Waals surface area contributed by atoms with Gasteiger partial charge in [-0.05, 0) is 18.6 Å². The summed E-state index contributed by atoms with van der Waals surface area (Å²) < 4.78 is 10.0. The van der Waals surface area contributed by atoms with Crippen LogP contribution < -0.4 is 9.47 Å². The van der Waals surface area contributed by atoms with Gasteiger partial charge in [-0.25, -0.2) is 0 Å². The second kappa shape index (κ2) is 5.61. The van der Waals surface area contributed by atoms with E-state index in [9.17, 15) is 4.79 Å². The van der Waals surface area contributed by atoms with Gasteiger partial charge in [0.1, 0.15) is 5.75 Å². The summed E-state index contributed by atoms with van der Waals surface area (Å²) in [5.74, 6) is 0.497. The standard InChI is InChI=1S/C11H12ClO3/c1-3-4-11(13)15-10-7-8(14-2)5-6-9(10)12/h4-7H,3H2,1-2H3. The Bertz CT molecular complexity index is 350. The van der Waals surface area contributed by atoms with E-state index in [0.29, 0.717) is 22.9 Å². The largest absolute Gasteiger partial charge is 0.497 e. The third-order valence-corrected chi connectivity index (χ3v) is 2.03. The Morgan fingerprint density at radius 3 is 2.87 bits per heavy atom. The summed E-state index contributed by atoms with van der Waals surface area (Å²) in [5, 5.41) is 0.383.